The van der Waals surface area contributed by atoms with Crippen molar-refractivity contribution in [2.45, 2.75) is 12.8 Å². The Morgan fingerprint density at radius 1 is 1.07 bits per heavy atom. The number of hydrogen-bond donors (Lipinski definition) is 1. The topological polar surface area (TPSA) is 116 Å². The van der Waals surface area contributed by atoms with Crippen molar-refractivity contribution >= 4 is 45.0 Å². The molecule has 9 heteroatoms. The molecule has 0 atom stereocenters. The maximum atomic E-state index is 11.9. The van der Waals surface area contributed by atoms with Crippen molar-refractivity contribution in [3.63, 3.8) is 0 Å². The fourth-order valence-electron chi connectivity index (χ4n) is 2.07. The number of halogens is 1. The normalized spacial score (nSPS) is 10.1. The lowest BCUT2D eigenvalue weighted by Gasteiger charge is -2.06. The standard InChI is InChI=1S/C18H15BrN2O6/c19-13-6-4-12(5-7-13)16(22)11-27-18(24)9-8-17(23)20-14-2-1-3-15(10-14)21(25)26/h1-7,10H,8-9,11H2,(H,20,23). The molecule has 2 rings (SSSR count). The minimum atomic E-state index is -0.686. The van der Waals surface area contributed by atoms with Crippen molar-refractivity contribution in [3.05, 3.63) is 68.7 Å². The number of ether oxygens (including phenoxy) is 1. The molecule has 2 aromatic carbocycles. The van der Waals surface area contributed by atoms with Gasteiger partial charge in [0.2, 0.25) is 5.91 Å². The van der Waals surface area contributed by atoms with Gasteiger partial charge < -0.3 is 10.1 Å². The highest BCUT2D eigenvalue weighted by Gasteiger charge is 2.13. The third-order valence-corrected chi connectivity index (χ3v) is 3.96. The molecular formula is C18H15BrN2O6. The number of non-ortho nitro benzene ring substituents is 1. The lowest BCUT2D eigenvalue weighted by Crippen LogP contribution is -2.17. The average Bonchev–Trinajstić information content (AvgIpc) is 2.65. The van der Waals surface area contributed by atoms with Crippen molar-refractivity contribution in [2.24, 2.45) is 0 Å². The highest BCUT2D eigenvalue weighted by molar-refractivity contribution is 9.10. The van der Waals surface area contributed by atoms with Crippen LogP contribution in [0.25, 0.3) is 0 Å². The summed E-state index contributed by atoms with van der Waals surface area (Å²) in [5.74, 6) is -1.53. The van der Waals surface area contributed by atoms with Crippen molar-refractivity contribution in [1.29, 1.82) is 0 Å². The Labute approximate surface area is 162 Å². The number of benzene rings is 2. The average molecular weight is 435 g/mol. The van der Waals surface area contributed by atoms with Crippen LogP contribution in [0.3, 0.4) is 0 Å². The first-order valence-electron chi connectivity index (χ1n) is 7.84. The van der Waals surface area contributed by atoms with Crippen LogP contribution in [0.1, 0.15) is 23.2 Å². The van der Waals surface area contributed by atoms with E-state index in [-0.39, 0.29) is 30.0 Å². The Bertz CT molecular complexity index is 866. The van der Waals surface area contributed by atoms with Gasteiger partial charge in [0, 0.05) is 34.3 Å². The van der Waals surface area contributed by atoms with Gasteiger partial charge in [-0.15, -0.1) is 0 Å². The molecule has 0 aliphatic rings. The maximum Gasteiger partial charge on any atom is 0.306 e. The predicted molar refractivity (Wildman–Crippen MR) is 100 cm³/mol. The molecule has 1 amide bonds. The van der Waals surface area contributed by atoms with Gasteiger partial charge in [-0.1, -0.05) is 34.1 Å². The highest BCUT2D eigenvalue weighted by atomic mass is 79.9. The molecule has 27 heavy (non-hydrogen) atoms. The number of anilines is 1. The Balaban J connectivity index is 1.75. The Morgan fingerprint density at radius 3 is 2.44 bits per heavy atom. The zero-order valence-electron chi connectivity index (χ0n) is 14.0. The Morgan fingerprint density at radius 2 is 1.78 bits per heavy atom. The molecule has 0 spiro atoms. The predicted octanol–water partition coefficient (Wildman–Crippen LogP) is 3.50. The minimum absolute atomic E-state index is 0.154. The lowest BCUT2D eigenvalue weighted by molar-refractivity contribution is -0.384. The molecule has 1 N–H and O–H groups in total. The molecule has 0 radical (unpaired) electrons. The summed E-state index contributed by atoms with van der Waals surface area (Å²) in [6.07, 6.45) is -0.387. The van der Waals surface area contributed by atoms with Crippen LogP contribution in [0, 0.1) is 10.1 Å². The van der Waals surface area contributed by atoms with E-state index in [1.54, 1.807) is 24.3 Å². The van der Waals surface area contributed by atoms with E-state index in [0.717, 1.165) is 4.47 Å². The van der Waals surface area contributed by atoms with Crippen LogP contribution >= 0.6 is 15.9 Å². The van der Waals surface area contributed by atoms with Gasteiger partial charge >= 0.3 is 5.97 Å². The van der Waals surface area contributed by atoms with E-state index in [1.807, 2.05) is 0 Å². The van der Waals surface area contributed by atoms with Crippen LogP contribution in [-0.4, -0.2) is 29.2 Å². The quantitative estimate of drug-likeness (QED) is 0.294. The molecule has 0 aliphatic heterocycles. The number of carbonyl (C=O) groups excluding carboxylic acids is 3. The Hall–Kier alpha value is -3.07. The highest BCUT2D eigenvalue weighted by Crippen LogP contribution is 2.17. The maximum absolute atomic E-state index is 11.9. The van der Waals surface area contributed by atoms with E-state index in [0.29, 0.717) is 5.56 Å². The number of ketones is 1. The summed E-state index contributed by atoms with van der Waals surface area (Å²) in [6, 6.07) is 12.1. The number of nitro benzene ring substituents is 1. The lowest BCUT2D eigenvalue weighted by atomic mass is 10.1. The van der Waals surface area contributed by atoms with Gasteiger partial charge in [-0.2, -0.15) is 0 Å². The molecule has 0 saturated heterocycles. The second kappa shape index (κ2) is 9.58. The fraction of sp³-hybridized carbons (Fsp3) is 0.167. The van der Waals surface area contributed by atoms with Crippen molar-refractivity contribution in [3.8, 4) is 0 Å². The number of nitro groups is 1. The molecule has 2 aromatic rings. The summed E-state index contributed by atoms with van der Waals surface area (Å²) in [5, 5.41) is 13.2. The SMILES string of the molecule is O=C(CCC(=O)OCC(=O)c1ccc(Br)cc1)Nc1cccc([N+](=O)[O-])c1. The van der Waals surface area contributed by atoms with Crippen LogP contribution in [-0.2, 0) is 14.3 Å². The molecule has 0 saturated carbocycles. The number of Topliss-reactive ketones (excluding diaryl/α,β-unsaturated/α-hetero) is 1. The monoisotopic (exact) mass is 434 g/mol. The number of rotatable bonds is 8. The fourth-order valence-corrected chi connectivity index (χ4v) is 2.34. The number of nitrogens with one attached hydrogen (secondary N) is 1. The molecule has 140 valence electrons. The third kappa shape index (κ3) is 6.63. The molecule has 0 fully saturated rings. The first-order chi connectivity index (χ1) is 12.8. The first-order valence-corrected chi connectivity index (χ1v) is 8.63. The summed E-state index contributed by atoms with van der Waals surface area (Å²) in [7, 11) is 0. The molecule has 0 bridgehead atoms. The van der Waals surface area contributed by atoms with Crippen LogP contribution < -0.4 is 5.32 Å². The third-order valence-electron chi connectivity index (χ3n) is 3.43. The number of carbonyl (C=O) groups is 3. The number of nitrogens with zero attached hydrogens (tertiary/aromatic N) is 1. The van der Waals surface area contributed by atoms with Gasteiger partial charge in [0.05, 0.1) is 11.3 Å². The van der Waals surface area contributed by atoms with E-state index in [4.69, 9.17) is 4.74 Å². The number of esters is 1. The van der Waals surface area contributed by atoms with Crippen molar-refractivity contribution in [2.75, 3.05) is 11.9 Å². The van der Waals surface area contributed by atoms with Crippen LogP contribution in [0.5, 0.6) is 0 Å². The second-order valence-electron chi connectivity index (χ2n) is 5.45. The van der Waals surface area contributed by atoms with Gasteiger partial charge in [-0.3, -0.25) is 24.5 Å². The van der Waals surface area contributed by atoms with Gasteiger partial charge in [0.15, 0.2) is 12.4 Å². The zero-order valence-corrected chi connectivity index (χ0v) is 15.6. The molecule has 0 aromatic heterocycles. The number of amides is 1. The smallest absolute Gasteiger partial charge is 0.306 e. The van der Waals surface area contributed by atoms with Gasteiger partial charge in [-0.25, -0.2) is 0 Å². The van der Waals surface area contributed by atoms with Crippen LogP contribution in [0.2, 0.25) is 0 Å². The van der Waals surface area contributed by atoms with Gasteiger partial charge in [0.1, 0.15) is 0 Å². The Kier molecular flexibility index (Phi) is 7.18. The summed E-state index contributed by atoms with van der Waals surface area (Å²) < 4.78 is 5.69. The molecule has 8 nitrogen and oxygen atoms in total. The van der Waals surface area contributed by atoms with Crippen molar-refractivity contribution < 1.29 is 24.0 Å². The first kappa shape index (κ1) is 20.2. The largest absolute Gasteiger partial charge is 0.457 e. The van der Waals surface area contributed by atoms with Crippen LogP contribution in [0.15, 0.2) is 53.0 Å². The van der Waals surface area contributed by atoms with E-state index in [2.05, 4.69) is 21.2 Å². The van der Waals surface area contributed by atoms with E-state index < -0.39 is 23.4 Å². The zero-order chi connectivity index (χ0) is 19.8. The summed E-state index contributed by atoms with van der Waals surface area (Å²) in [5.41, 5.74) is 0.515. The molecule has 0 unspecified atom stereocenters. The summed E-state index contributed by atoms with van der Waals surface area (Å²) in [6.45, 7) is -0.410. The second-order valence-corrected chi connectivity index (χ2v) is 6.36. The van der Waals surface area contributed by atoms with Crippen molar-refractivity contribution in [1.82, 2.24) is 0 Å². The molecule has 0 aliphatic carbocycles. The summed E-state index contributed by atoms with van der Waals surface area (Å²) >= 11 is 3.26. The minimum Gasteiger partial charge on any atom is -0.457 e. The molecule has 0 heterocycles. The van der Waals surface area contributed by atoms with E-state index in [1.165, 1.54) is 24.3 Å². The van der Waals surface area contributed by atoms with E-state index >= 15 is 0 Å². The summed E-state index contributed by atoms with van der Waals surface area (Å²) in [4.78, 5) is 45.5. The molecular weight excluding hydrogens is 420 g/mol. The van der Waals surface area contributed by atoms with Gasteiger partial charge in [-0.05, 0) is 18.2 Å². The van der Waals surface area contributed by atoms with Crippen LogP contribution in [0.4, 0.5) is 11.4 Å². The number of hydrogen-bond acceptors (Lipinski definition) is 6. The van der Waals surface area contributed by atoms with Gasteiger partial charge in [0.25, 0.3) is 5.69 Å². The van der Waals surface area contributed by atoms with E-state index in [9.17, 15) is 24.5 Å².